The van der Waals surface area contributed by atoms with Crippen LogP contribution in [0.25, 0.3) is 0 Å². The summed E-state index contributed by atoms with van der Waals surface area (Å²) in [5, 5.41) is 26.1. The SMILES string of the molecule is COc1cc(C(=O)Oc2cccc(CCCON(O)O)c2)ccc1O. The van der Waals surface area contributed by atoms with E-state index in [0.29, 0.717) is 18.6 Å². The van der Waals surface area contributed by atoms with E-state index in [4.69, 9.17) is 19.9 Å². The van der Waals surface area contributed by atoms with Gasteiger partial charge < -0.3 is 14.6 Å². The Labute approximate surface area is 144 Å². The van der Waals surface area contributed by atoms with Gasteiger partial charge in [-0.2, -0.15) is 0 Å². The lowest BCUT2D eigenvalue weighted by atomic mass is 10.1. The molecular weight excluding hydrogens is 330 g/mol. The van der Waals surface area contributed by atoms with Crippen molar-refractivity contribution in [1.82, 2.24) is 5.39 Å². The molecule has 0 spiro atoms. The maximum atomic E-state index is 12.2. The van der Waals surface area contributed by atoms with Crippen LogP contribution in [0.3, 0.4) is 0 Å². The number of benzene rings is 2. The molecule has 3 N–H and O–H groups in total. The van der Waals surface area contributed by atoms with Gasteiger partial charge in [-0.15, -0.1) is 0 Å². The normalized spacial score (nSPS) is 10.7. The Bertz CT molecular complexity index is 718. The summed E-state index contributed by atoms with van der Waals surface area (Å²) >= 11 is 0. The van der Waals surface area contributed by atoms with Crippen molar-refractivity contribution in [3.8, 4) is 17.2 Å². The third-order valence-electron chi connectivity index (χ3n) is 3.34. The molecule has 0 atom stereocenters. The second-order valence-electron chi connectivity index (χ2n) is 5.11. The van der Waals surface area contributed by atoms with Crippen LogP contribution in [0.4, 0.5) is 0 Å². The van der Waals surface area contributed by atoms with Crippen molar-refractivity contribution >= 4 is 5.97 Å². The van der Waals surface area contributed by atoms with Gasteiger partial charge >= 0.3 is 5.97 Å². The first-order chi connectivity index (χ1) is 12.0. The van der Waals surface area contributed by atoms with Gasteiger partial charge in [-0.3, -0.25) is 15.3 Å². The molecule has 0 fully saturated rings. The molecule has 2 aromatic carbocycles. The van der Waals surface area contributed by atoms with E-state index in [1.165, 1.54) is 25.3 Å². The summed E-state index contributed by atoms with van der Waals surface area (Å²) in [5.41, 5.74) is 1.15. The first kappa shape index (κ1) is 18.7. The Balaban J connectivity index is 1.98. The molecule has 25 heavy (non-hydrogen) atoms. The van der Waals surface area contributed by atoms with Crippen molar-refractivity contribution in [2.24, 2.45) is 0 Å². The van der Waals surface area contributed by atoms with Crippen molar-refractivity contribution < 1.29 is 34.6 Å². The number of methoxy groups -OCH3 is 1. The van der Waals surface area contributed by atoms with Crippen molar-refractivity contribution in [3.63, 3.8) is 0 Å². The third-order valence-corrected chi connectivity index (χ3v) is 3.34. The molecule has 0 bridgehead atoms. The van der Waals surface area contributed by atoms with Gasteiger partial charge in [0.2, 0.25) is 0 Å². The average Bonchev–Trinajstić information content (AvgIpc) is 2.59. The zero-order valence-electron chi connectivity index (χ0n) is 13.6. The predicted molar refractivity (Wildman–Crippen MR) is 85.7 cm³/mol. The first-order valence-corrected chi connectivity index (χ1v) is 7.48. The van der Waals surface area contributed by atoms with Crippen molar-refractivity contribution in [3.05, 3.63) is 53.6 Å². The number of rotatable bonds is 8. The average molecular weight is 349 g/mol. The molecular formula is C17H19NO7. The maximum absolute atomic E-state index is 12.2. The number of carbonyl (C=O) groups is 1. The highest BCUT2D eigenvalue weighted by molar-refractivity contribution is 5.91. The molecule has 0 radical (unpaired) electrons. The summed E-state index contributed by atoms with van der Waals surface area (Å²) in [6.45, 7) is 0.129. The topological polar surface area (TPSA) is 109 Å². The van der Waals surface area contributed by atoms with E-state index in [-0.39, 0.29) is 29.1 Å². The largest absolute Gasteiger partial charge is 0.504 e. The minimum Gasteiger partial charge on any atom is -0.504 e. The molecule has 8 nitrogen and oxygen atoms in total. The standard InChI is InChI=1S/C17H19NO7/c1-23-16-11-13(7-8-15(16)19)17(20)25-14-6-2-4-12(10-14)5-3-9-24-18(21)22/h2,4,6-8,10-11,19,21-22H,3,5,9H2,1H3. The number of hydrogen-bond donors (Lipinski definition) is 3. The number of nitrogens with zero attached hydrogens (tertiary/aromatic N) is 1. The summed E-state index contributed by atoms with van der Waals surface area (Å²) < 4.78 is 10.3. The second kappa shape index (κ2) is 9.00. The van der Waals surface area contributed by atoms with Crippen LogP contribution in [-0.4, -0.2) is 40.6 Å². The van der Waals surface area contributed by atoms with Gasteiger partial charge in [-0.1, -0.05) is 12.1 Å². The van der Waals surface area contributed by atoms with Crippen molar-refractivity contribution in [2.75, 3.05) is 13.7 Å². The zero-order valence-corrected chi connectivity index (χ0v) is 13.6. The van der Waals surface area contributed by atoms with Crippen LogP contribution in [0.1, 0.15) is 22.3 Å². The van der Waals surface area contributed by atoms with Gasteiger partial charge in [0.1, 0.15) is 5.75 Å². The lowest BCUT2D eigenvalue weighted by Gasteiger charge is -2.09. The zero-order chi connectivity index (χ0) is 18.2. The quantitative estimate of drug-likeness (QED) is 0.289. The molecule has 0 heterocycles. The van der Waals surface area contributed by atoms with Crippen LogP contribution in [-0.2, 0) is 11.3 Å². The fourth-order valence-corrected chi connectivity index (χ4v) is 2.16. The molecule has 0 aliphatic carbocycles. The minimum absolute atomic E-state index is 0.0624. The number of carbonyl (C=O) groups excluding carboxylic acids is 1. The fraction of sp³-hybridized carbons (Fsp3) is 0.235. The number of hydrogen-bond acceptors (Lipinski definition) is 8. The third kappa shape index (κ3) is 5.73. The van der Waals surface area contributed by atoms with E-state index >= 15 is 0 Å². The molecule has 0 aliphatic rings. The Morgan fingerprint density at radius 3 is 2.68 bits per heavy atom. The number of esters is 1. The van der Waals surface area contributed by atoms with Crippen LogP contribution < -0.4 is 9.47 Å². The van der Waals surface area contributed by atoms with Gasteiger partial charge in [0, 0.05) is 0 Å². The molecule has 0 saturated heterocycles. The van der Waals surface area contributed by atoms with Crippen molar-refractivity contribution in [1.29, 1.82) is 0 Å². The summed E-state index contributed by atoms with van der Waals surface area (Å²) in [6, 6.07) is 11.2. The molecule has 0 amide bonds. The van der Waals surface area contributed by atoms with E-state index in [2.05, 4.69) is 4.84 Å². The van der Waals surface area contributed by atoms with Crippen LogP contribution in [0, 0.1) is 0 Å². The van der Waals surface area contributed by atoms with Crippen molar-refractivity contribution in [2.45, 2.75) is 12.8 Å². The first-order valence-electron chi connectivity index (χ1n) is 7.48. The van der Waals surface area contributed by atoms with Gasteiger partial charge in [-0.25, -0.2) is 4.79 Å². The molecule has 134 valence electrons. The lowest BCUT2D eigenvalue weighted by molar-refractivity contribution is -0.492. The number of ether oxygens (including phenoxy) is 2. The summed E-state index contributed by atoms with van der Waals surface area (Å²) in [4.78, 5) is 16.7. The smallest absolute Gasteiger partial charge is 0.343 e. The lowest BCUT2D eigenvalue weighted by Crippen LogP contribution is -2.15. The maximum Gasteiger partial charge on any atom is 0.343 e. The van der Waals surface area contributed by atoms with Gasteiger partial charge in [-0.05, 0) is 48.7 Å². The Morgan fingerprint density at radius 1 is 1.16 bits per heavy atom. The van der Waals surface area contributed by atoms with Crippen LogP contribution >= 0.6 is 0 Å². The van der Waals surface area contributed by atoms with Crippen LogP contribution in [0.2, 0.25) is 0 Å². The van der Waals surface area contributed by atoms with E-state index < -0.39 is 5.97 Å². The molecule has 0 saturated carbocycles. The highest BCUT2D eigenvalue weighted by Gasteiger charge is 2.12. The van der Waals surface area contributed by atoms with E-state index in [1.54, 1.807) is 18.2 Å². The Kier molecular flexibility index (Phi) is 6.72. The summed E-state index contributed by atoms with van der Waals surface area (Å²) in [7, 11) is 1.39. The molecule has 8 heteroatoms. The molecule has 0 aromatic heterocycles. The monoisotopic (exact) mass is 349 g/mol. The summed E-state index contributed by atoms with van der Waals surface area (Å²) in [6.07, 6.45) is 1.15. The van der Waals surface area contributed by atoms with E-state index in [9.17, 15) is 9.90 Å². The molecule has 2 rings (SSSR count). The minimum atomic E-state index is -0.574. The highest BCUT2D eigenvalue weighted by atomic mass is 17.1. The Hall–Kier alpha value is -2.65. The van der Waals surface area contributed by atoms with Gasteiger partial charge in [0.25, 0.3) is 0 Å². The van der Waals surface area contributed by atoms with Gasteiger partial charge in [0.05, 0.1) is 24.7 Å². The number of phenolic OH excluding ortho intramolecular Hbond substituents is 1. The molecule has 0 aliphatic heterocycles. The predicted octanol–water partition coefficient (Wildman–Crippen LogP) is 2.56. The Morgan fingerprint density at radius 2 is 1.96 bits per heavy atom. The summed E-state index contributed by atoms with van der Waals surface area (Å²) in [5.74, 6) is -0.0750. The van der Waals surface area contributed by atoms with E-state index in [1.807, 2.05) is 6.07 Å². The van der Waals surface area contributed by atoms with E-state index in [0.717, 1.165) is 5.56 Å². The second-order valence-corrected chi connectivity index (χ2v) is 5.11. The number of aromatic hydroxyl groups is 1. The molecule has 0 unspecified atom stereocenters. The highest BCUT2D eigenvalue weighted by Crippen LogP contribution is 2.27. The number of phenols is 1. The van der Waals surface area contributed by atoms with Crippen LogP contribution in [0.5, 0.6) is 17.2 Å². The number of aryl methyl sites for hydroxylation is 1. The molecule has 2 aromatic rings. The van der Waals surface area contributed by atoms with Crippen LogP contribution in [0.15, 0.2) is 42.5 Å². The van der Waals surface area contributed by atoms with Gasteiger partial charge in [0.15, 0.2) is 11.5 Å². The fourth-order valence-electron chi connectivity index (χ4n) is 2.16.